The topological polar surface area (TPSA) is 93.7 Å². The van der Waals surface area contributed by atoms with Gasteiger partial charge in [-0.25, -0.2) is 13.1 Å². The molecule has 1 atom stereocenters. The lowest BCUT2D eigenvalue weighted by Gasteiger charge is -2.22. The van der Waals surface area contributed by atoms with Crippen LogP contribution in [-0.4, -0.2) is 35.1 Å². The molecule has 0 aromatic heterocycles. The highest BCUT2D eigenvalue weighted by molar-refractivity contribution is 7.89. The predicted octanol–water partition coefficient (Wildman–Crippen LogP) is 4.43. The van der Waals surface area contributed by atoms with Gasteiger partial charge in [0.05, 0.1) is 25.2 Å². The van der Waals surface area contributed by atoms with Gasteiger partial charge in [0.15, 0.2) is 11.5 Å². The third-order valence-electron chi connectivity index (χ3n) is 5.98. The minimum atomic E-state index is -3.89. The molecule has 2 aromatic rings. The number of methoxy groups -OCH3 is 2. The first-order valence-corrected chi connectivity index (χ1v) is 13.1. The molecule has 2 aromatic carbocycles. The van der Waals surface area contributed by atoms with Gasteiger partial charge in [-0.2, -0.15) is 0 Å². The highest BCUT2D eigenvalue weighted by Crippen LogP contribution is 2.36. The van der Waals surface area contributed by atoms with Gasteiger partial charge in [-0.1, -0.05) is 41.5 Å². The number of amides is 1. The summed E-state index contributed by atoms with van der Waals surface area (Å²) < 4.78 is 39.9. The second kappa shape index (κ2) is 12.0. The second-order valence-corrected chi connectivity index (χ2v) is 10.2. The van der Waals surface area contributed by atoms with Crippen molar-refractivity contribution in [3.05, 3.63) is 65.2 Å². The average Bonchev–Trinajstić information content (AvgIpc) is 2.83. The zero-order valence-corrected chi connectivity index (χ0v) is 20.9. The number of ether oxygens (including phenoxy) is 2. The molecule has 3 rings (SSSR count). The largest absolute Gasteiger partial charge is 0.493 e. The number of hydrogen-bond acceptors (Lipinski definition) is 5. The molecule has 0 spiro atoms. The zero-order valence-electron chi connectivity index (χ0n) is 20.1. The SMILES string of the molecule is COc1cccc([C@@H](CC(=O)NCCC2=CCCCC2)NS(=O)(=O)c2ccc(C)cc2)c1OC. The molecule has 0 aliphatic heterocycles. The molecular weight excluding hydrogens is 452 g/mol. The molecule has 0 fully saturated rings. The van der Waals surface area contributed by atoms with Crippen LogP contribution in [0.5, 0.6) is 11.5 Å². The molecule has 1 aliphatic carbocycles. The Morgan fingerprint density at radius 2 is 1.82 bits per heavy atom. The van der Waals surface area contributed by atoms with Crippen molar-refractivity contribution >= 4 is 15.9 Å². The summed E-state index contributed by atoms with van der Waals surface area (Å²) in [5, 5.41) is 2.94. The summed E-state index contributed by atoms with van der Waals surface area (Å²) in [7, 11) is -0.883. The van der Waals surface area contributed by atoms with Crippen LogP contribution in [-0.2, 0) is 14.8 Å². The van der Waals surface area contributed by atoms with E-state index in [1.54, 1.807) is 42.5 Å². The summed E-state index contributed by atoms with van der Waals surface area (Å²) in [6.45, 7) is 2.42. The number of aryl methyl sites for hydroxylation is 1. The Bertz CT molecular complexity index is 1110. The highest BCUT2D eigenvalue weighted by atomic mass is 32.2. The van der Waals surface area contributed by atoms with Crippen LogP contribution in [0.3, 0.4) is 0 Å². The summed E-state index contributed by atoms with van der Waals surface area (Å²) in [6.07, 6.45) is 7.59. The standard InChI is InChI=1S/C26H34N2O5S/c1-19-12-14-21(15-13-19)34(30,31)28-23(22-10-7-11-24(32-2)26(22)33-3)18-25(29)27-17-16-20-8-5-4-6-9-20/h7-8,10-15,23,28H,4-6,9,16-18H2,1-3H3,(H,27,29)/t23-/m1/s1. The predicted molar refractivity (Wildman–Crippen MR) is 133 cm³/mol. The van der Waals surface area contributed by atoms with E-state index in [0.717, 1.165) is 24.8 Å². The maximum Gasteiger partial charge on any atom is 0.241 e. The van der Waals surface area contributed by atoms with E-state index in [-0.39, 0.29) is 17.2 Å². The van der Waals surface area contributed by atoms with Gasteiger partial charge in [-0.3, -0.25) is 4.79 Å². The van der Waals surface area contributed by atoms with Gasteiger partial charge in [-0.15, -0.1) is 0 Å². The molecule has 2 N–H and O–H groups in total. The number of para-hydroxylation sites is 1. The maximum absolute atomic E-state index is 13.2. The van der Waals surface area contributed by atoms with Gasteiger partial charge in [0, 0.05) is 18.5 Å². The first-order valence-electron chi connectivity index (χ1n) is 11.6. The van der Waals surface area contributed by atoms with Crippen molar-refractivity contribution in [1.29, 1.82) is 0 Å². The number of allylic oxidation sites excluding steroid dienone is 1. The number of nitrogens with one attached hydrogen (secondary N) is 2. The molecule has 0 bridgehead atoms. The van der Waals surface area contributed by atoms with Crippen LogP contribution in [0, 0.1) is 6.92 Å². The van der Waals surface area contributed by atoms with Crippen molar-refractivity contribution < 1.29 is 22.7 Å². The van der Waals surface area contributed by atoms with E-state index in [1.807, 2.05) is 6.92 Å². The van der Waals surface area contributed by atoms with Gasteiger partial charge in [-0.05, 0) is 57.2 Å². The van der Waals surface area contributed by atoms with Gasteiger partial charge < -0.3 is 14.8 Å². The van der Waals surface area contributed by atoms with E-state index < -0.39 is 16.1 Å². The summed E-state index contributed by atoms with van der Waals surface area (Å²) in [5.41, 5.74) is 2.86. The van der Waals surface area contributed by atoms with E-state index in [2.05, 4.69) is 16.1 Å². The molecule has 7 nitrogen and oxygen atoms in total. The quantitative estimate of drug-likeness (QED) is 0.459. The van der Waals surface area contributed by atoms with Crippen LogP contribution < -0.4 is 19.5 Å². The van der Waals surface area contributed by atoms with E-state index in [4.69, 9.17) is 9.47 Å². The molecule has 184 valence electrons. The van der Waals surface area contributed by atoms with E-state index in [0.29, 0.717) is 23.6 Å². The zero-order chi connectivity index (χ0) is 24.6. The van der Waals surface area contributed by atoms with Gasteiger partial charge in [0.2, 0.25) is 15.9 Å². The molecule has 0 saturated heterocycles. The smallest absolute Gasteiger partial charge is 0.241 e. The third-order valence-corrected chi connectivity index (χ3v) is 7.47. The minimum absolute atomic E-state index is 0.0757. The van der Waals surface area contributed by atoms with Gasteiger partial charge in [0.25, 0.3) is 0 Å². The number of carbonyl (C=O) groups excluding carboxylic acids is 1. The first kappa shape index (κ1) is 25.8. The molecule has 0 unspecified atom stereocenters. The number of sulfonamides is 1. The van der Waals surface area contributed by atoms with E-state index >= 15 is 0 Å². The fraction of sp³-hybridized carbons (Fsp3) is 0.423. The number of benzene rings is 2. The fourth-order valence-corrected chi connectivity index (χ4v) is 5.34. The van der Waals surface area contributed by atoms with Crippen LogP contribution in [0.1, 0.15) is 55.7 Å². The van der Waals surface area contributed by atoms with Crippen LogP contribution >= 0.6 is 0 Å². The Morgan fingerprint density at radius 3 is 2.47 bits per heavy atom. The number of rotatable bonds is 11. The average molecular weight is 487 g/mol. The van der Waals surface area contributed by atoms with Crippen molar-refractivity contribution in [2.75, 3.05) is 20.8 Å². The first-order chi connectivity index (χ1) is 16.3. The van der Waals surface area contributed by atoms with Crippen LogP contribution in [0.15, 0.2) is 59.0 Å². The van der Waals surface area contributed by atoms with Gasteiger partial charge in [0.1, 0.15) is 0 Å². The molecule has 34 heavy (non-hydrogen) atoms. The molecule has 0 saturated carbocycles. The molecule has 0 radical (unpaired) electrons. The lowest BCUT2D eigenvalue weighted by Crippen LogP contribution is -2.34. The molecule has 1 amide bonds. The van der Waals surface area contributed by atoms with Crippen LogP contribution in [0.25, 0.3) is 0 Å². The number of carbonyl (C=O) groups is 1. The van der Waals surface area contributed by atoms with Crippen molar-refractivity contribution in [2.24, 2.45) is 0 Å². The third kappa shape index (κ3) is 6.84. The van der Waals surface area contributed by atoms with Crippen LogP contribution in [0.4, 0.5) is 0 Å². The monoisotopic (exact) mass is 486 g/mol. The van der Waals surface area contributed by atoms with Crippen molar-refractivity contribution in [1.82, 2.24) is 10.0 Å². The summed E-state index contributed by atoms with van der Waals surface area (Å²) in [6, 6.07) is 11.0. The second-order valence-electron chi connectivity index (χ2n) is 8.48. The van der Waals surface area contributed by atoms with Crippen molar-refractivity contribution in [2.45, 2.75) is 56.4 Å². The van der Waals surface area contributed by atoms with Crippen molar-refractivity contribution in [3.8, 4) is 11.5 Å². The Kier molecular flexibility index (Phi) is 9.12. The summed E-state index contributed by atoms with van der Waals surface area (Å²) in [4.78, 5) is 13.0. The van der Waals surface area contributed by atoms with E-state index in [9.17, 15) is 13.2 Å². The summed E-state index contributed by atoms with van der Waals surface area (Å²) in [5.74, 6) is 0.615. The Balaban J connectivity index is 1.81. The highest BCUT2D eigenvalue weighted by Gasteiger charge is 2.27. The Morgan fingerprint density at radius 1 is 1.06 bits per heavy atom. The Hall–Kier alpha value is -2.84. The number of hydrogen-bond donors (Lipinski definition) is 2. The van der Waals surface area contributed by atoms with Gasteiger partial charge >= 0.3 is 0 Å². The summed E-state index contributed by atoms with van der Waals surface area (Å²) >= 11 is 0. The molecule has 0 heterocycles. The lowest BCUT2D eigenvalue weighted by molar-refractivity contribution is -0.121. The lowest BCUT2D eigenvalue weighted by atomic mass is 9.97. The normalized spacial score (nSPS) is 14.7. The molecule has 1 aliphatic rings. The Labute approximate surface area is 202 Å². The molecular formula is C26H34N2O5S. The fourth-order valence-electron chi connectivity index (χ4n) is 4.13. The van der Waals surface area contributed by atoms with Crippen molar-refractivity contribution in [3.63, 3.8) is 0 Å². The minimum Gasteiger partial charge on any atom is -0.493 e. The maximum atomic E-state index is 13.2. The van der Waals surface area contributed by atoms with Crippen LogP contribution in [0.2, 0.25) is 0 Å². The van der Waals surface area contributed by atoms with E-state index in [1.165, 1.54) is 32.6 Å². The molecule has 8 heteroatoms.